The largest absolute Gasteiger partial charge is 0.493 e. The van der Waals surface area contributed by atoms with Gasteiger partial charge in [0.1, 0.15) is 16.7 Å². The van der Waals surface area contributed by atoms with Gasteiger partial charge in [0, 0.05) is 34.6 Å². The molecule has 0 spiro atoms. The average molecular weight is 518 g/mol. The van der Waals surface area contributed by atoms with Gasteiger partial charge in [-0.1, -0.05) is 18.2 Å². The highest BCUT2D eigenvalue weighted by atomic mass is 16.5. The number of nitrogens with two attached hydrogens (primary N) is 1. The molecule has 4 rings (SSSR count). The van der Waals surface area contributed by atoms with Crippen molar-refractivity contribution in [1.82, 2.24) is 0 Å². The lowest BCUT2D eigenvalue weighted by Gasteiger charge is -2.14. The summed E-state index contributed by atoms with van der Waals surface area (Å²) in [6.45, 7) is 1.57. The van der Waals surface area contributed by atoms with Crippen LogP contribution in [0.5, 0.6) is 17.2 Å². The molecule has 0 unspecified atom stereocenters. The van der Waals surface area contributed by atoms with Crippen molar-refractivity contribution in [2.45, 2.75) is 13.0 Å². The Morgan fingerprint density at radius 3 is 2.21 bits per heavy atom. The number of fused-ring (bicyclic) bond motifs is 1. The van der Waals surface area contributed by atoms with Gasteiger partial charge in [0.25, 0.3) is 5.91 Å². The lowest BCUT2D eigenvalue weighted by atomic mass is 10.1. The van der Waals surface area contributed by atoms with E-state index in [0.29, 0.717) is 28.3 Å². The van der Waals surface area contributed by atoms with Crippen LogP contribution in [0.3, 0.4) is 0 Å². The summed E-state index contributed by atoms with van der Waals surface area (Å²) in [7, 11) is 4.35. The molecule has 2 amide bonds. The topological polar surface area (TPSA) is 142 Å². The molecule has 196 valence electrons. The molecular formula is C28H27N3O7. The number of ether oxygens (including phenoxy) is 3. The molecule has 4 N–H and O–H groups in total. The van der Waals surface area contributed by atoms with Crippen LogP contribution in [-0.2, 0) is 4.79 Å². The Labute approximate surface area is 218 Å². The Morgan fingerprint density at radius 1 is 0.868 bits per heavy atom. The molecule has 0 aliphatic rings. The smallest absolute Gasteiger partial charge is 0.255 e. The summed E-state index contributed by atoms with van der Waals surface area (Å²) in [5, 5.41) is 5.70. The first-order valence-corrected chi connectivity index (χ1v) is 11.6. The number of carbonyl (C=O) groups excluding carboxylic acids is 2. The molecule has 0 aliphatic heterocycles. The van der Waals surface area contributed by atoms with Gasteiger partial charge in [0.15, 0.2) is 16.9 Å². The van der Waals surface area contributed by atoms with Crippen LogP contribution in [0.1, 0.15) is 17.3 Å². The molecule has 0 bridgehead atoms. The van der Waals surface area contributed by atoms with Crippen molar-refractivity contribution in [3.63, 3.8) is 0 Å². The van der Waals surface area contributed by atoms with Crippen molar-refractivity contribution in [3.05, 3.63) is 76.5 Å². The van der Waals surface area contributed by atoms with Gasteiger partial charge >= 0.3 is 0 Å². The maximum absolute atomic E-state index is 13.1. The van der Waals surface area contributed by atoms with Crippen molar-refractivity contribution in [2.75, 3.05) is 32.0 Å². The third kappa shape index (κ3) is 5.30. The fourth-order valence-corrected chi connectivity index (χ4v) is 3.88. The van der Waals surface area contributed by atoms with Crippen molar-refractivity contribution < 1.29 is 28.2 Å². The number of amides is 2. The van der Waals surface area contributed by atoms with Crippen molar-refractivity contribution in [3.8, 4) is 28.6 Å². The first-order chi connectivity index (χ1) is 18.2. The number of anilines is 2. The van der Waals surface area contributed by atoms with Crippen LogP contribution in [0.4, 0.5) is 11.4 Å². The van der Waals surface area contributed by atoms with E-state index < -0.39 is 6.04 Å². The molecule has 1 aromatic heterocycles. The molecule has 38 heavy (non-hydrogen) atoms. The lowest BCUT2D eigenvalue weighted by Crippen LogP contribution is -2.32. The van der Waals surface area contributed by atoms with E-state index in [1.807, 2.05) is 0 Å². The minimum atomic E-state index is -0.686. The molecule has 1 atom stereocenters. The van der Waals surface area contributed by atoms with Crippen molar-refractivity contribution >= 4 is 34.2 Å². The first kappa shape index (κ1) is 26.2. The molecule has 0 saturated heterocycles. The fourth-order valence-electron chi connectivity index (χ4n) is 3.88. The number of hydrogen-bond acceptors (Lipinski definition) is 8. The van der Waals surface area contributed by atoms with E-state index in [1.165, 1.54) is 27.4 Å². The number of nitrogens with one attached hydrogen (secondary N) is 2. The predicted molar refractivity (Wildman–Crippen MR) is 144 cm³/mol. The van der Waals surface area contributed by atoms with Gasteiger partial charge in [0.05, 0.1) is 27.4 Å². The van der Waals surface area contributed by atoms with Crippen LogP contribution in [0.25, 0.3) is 22.3 Å². The number of benzene rings is 3. The molecule has 0 aliphatic carbocycles. The van der Waals surface area contributed by atoms with Crippen LogP contribution < -0.4 is 36.0 Å². The van der Waals surface area contributed by atoms with Crippen molar-refractivity contribution in [2.24, 2.45) is 5.73 Å². The first-order valence-electron chi connectivity index (χ1n) is 11.6. The summed E-state index contributed by atoms with van der Waals surface area (Å²) in [5.74, 6) is 0.378. The lowest BCUT2D eigenvalue weighted by molar-refractivity contribution is -0.117. The van der Waals surface area contributed by atoms with Gasteiger partial charge in [-0.3, -0.25) is 14.4 Å². The minimum Gasteiger partial charge on any atom is -0.493 e. The van der Waals surface area contributed by atoms with Crippen LogP contribution in [0, 0.1) is 0 Å². The number of methoxy groups -OCH3 is 3. The number of hydrogen-bond donors (Lipinski definition) is 3. The van der Waals surface area contributed by atoms with E-state index in [9.17, 15) is 14.4 Å². The maximum atomic E-state index is 13.1. The zero-order chi connectivity index (χ0) is 27.4. The molecule has 10 nitrogen and oxygen atoms in total. The molecule has 4 aromatic rings. The van der Waals surface area contributed by atoms with Crippen LogP contribution in [0.15, 0.2) is 69.9 Å². The SMILES string of the molecule is COc1cc2oc(-c3cccc(NC(=O)c4cccc(NC(=O)[C@H](C)N)c4)c3)cc(=O)c2c(OC)c1OC. The highest BCUT2D eigenvalue weighted by Crippen LogP contribution is 2.42. The van der Waals surface area contributed by atoms with E-state index in [1.54, 1.807) is 61.5 Å². The zero-order valence-corrected chi connectivity index (χ0v) is 21.3. The van der Waals surface area contributed by atoms with Gasteiger partial charge in [-0.15, -0.1) is 0 Å². The second-order valence-corrected chi connectivity index (χ2v) is 8.39. The van der Waals surface area contributed by atoms with Gasteiger partial charge < -0.3 is 35.0 Å². The van der Waals surface area contributed by atoms with Crippen LogP contribution in [-0.4, -0.2) is 39.2 Å². The van der Waals surface area contributed by atoms with Gasteiger partial charge in [0.2, 0.25) is 11.7 Å². The maximum Gasteiger partial charge on any atom is 0.255 e. The third-order valence-corrected chi connectivity index (χ3v) is 5.73. The molecular weight excluding hydrogens is 490 g/mol. The average Bonchev–Trinajstić information content (AvgIpc) is 2.91. The molecule has 0 radical (unpaired) electrons. The molecule has 3 aromatic carbocycles. The zero-order valence-electron chi connectivity index (χ0n) is 21.3. The Morgan fingerprint density at radius 2 is 1.55 bits per heavy atom. The van der Waals surface area contributed by atoms with Gasteiger partial charge in [-0.05, 0) is 37.3 Å². The summed E-state index contributed by atoms with van der Waals surface area (Å²) < 4.78 is 22.2. The Kier molecular flexibility index (Phi) is 7.63. The summed E-state index contributed by atoms with van der Waals surface area (Å²) in [5.41, 5.74) is 7.34. The Balaban J connectivity index is 1.65. The number of rotatable bonds is 8. The van der Waals surface area contributed by atoms with Gasteiger partial charge in [-0.2, -0.15) is 0 Å². The van der Waals surface area contributed by atoms with Gasteiger partial charge in [-0.25, -0.2) is 0 Å². The Bertz CT molecular complexity index is 1580. The molecule has 10 heteroatoms. The molecule has 0 fully saturated rings. The highest BCUT2D eigenvalue weighted by molar-refractivity contribution is 6.05. The monoisotopic (exact) mass is 517 g/mol. The highest BCUT2D eigenvalue weighted by Gasteiger charge is 2.21. The molecule has 1 heterocycles. The number of carbonyl (C=O) groups is 2. The van der Waals surface area contributed by atoms with Crippen molar-refractivity contribution in [1.29, 1.82) is 0 Å². The second kappa shape index (κ2) is 11.1. The van der Waals surface area contributed by atoms with E-state index in [0.717, 1.165) is 0 Å². The van der Waals surface area contributed by atoms with E-state index in [4.69, 9.17) is 24.4 Å². The summed E-state index contributed by atoms with van der Waals surface area (Å²) in [6.07, 6.45) is 0. The van der Waals surface area contributed by atoms with Crippen LogP contribution in [0.2, 0.25) is 0 Å². The predicted octanol–water partition coefficient (Wildman–Crippen LogP) is 4.02. The minimum absolute atomic E-state index is 0.211. The second-order valence-electron chi connectivity index (χ2n) is 8.39. The summed E-state index contributed by atoms with van der Waals surface area (Å²) >= 11 is 0. The van der Waals surface area contributed by atoms with E-state index >= 15 is 0 Å². The van der Waals surface area contributed by atoms with E-state index in [-0.39, 0.29) is 45.5 Å². The fraction of sp³-hybridized carbons (Fsp3) is 0.179. The quantitative estimate of drug-likeness (QED) is 0.318. The standard InChI is InChI=1S/C28H27N3O7/c1-15(29)27(33)30-19-10-6-8-17(12-19)28(34)31-18-9-5-7-16(11-18)21-13-20(32)24-22(38-21)14-23(35-2)25(36-3)26(24)37-4/h5-15H,29H2,1-4H3,(H,30,33)(H,31,34)/t15-/m0/s1. The summed E-state index contributed by atoms with van der Waals surface area (Å²) in [6, 6.07) is 15.6. The summed E-state index contributed by atoms with van der Waals surface area (Å²) in [4.78, 5) is 37.9. The normalized spacial score (nSPS) is 11.5. The van der Waals surface area contributed by atoms with E-state index in [2.05, 4.69) is 10.6 Å². The molecule has 0 saturated carbocycles. The third-order valence-electron chi connectivity index (χ3n) is 5.73. The Hall–Kier alpha value is -4.83. The van der Waals surface area contributed by atoms with Crippen LogP contribution >= 0.6 is 0 Å².